The molecule has 64 heavy (non-hydrogen) atoms. The molecule has 0 amide bonds. The van der Waals surface area contributed by atoms with Gasteiger partial charge in [-0.2, -0.15) is 0 Å². The molecular weight excluding hydrogens is 783 g/mol. The van der Waals surface area contributed by atoms with Gasteiger partial charge in [0.1, 0.15) is 11.2 Å². The second kappa shape index (κ2) is 14.4. The van der Waals surface area contributed by atoms with Crippen molar-refractivity contribution in [1.29, 1.82) is 0 Å². The van der Waals surface area contributed by atoms with E-state index in [0.29, 0.717) is 17.5 Å². The summed E-state index contributed by atoms with van der Waals surface area (Å²) in [5.41, 5.74) is 12.9. The fraction of sp³-hybridized carbons (Fsp3) is 0. The maximum absolute atomic E-state index is 6.78. The number of para-hydroxylation sites is 3. The molecule has 13 aromatic rings. The molecule has 0 fully saturated rings. The number of pyridine rings is 1. The first-order chi connectivity index (χ1) is 31.7. The lowest BCUT2D eigenvalue weighted by Crippen LogP contribution is -2.00. The van der Waals surface area contributed by atoms with Gasteiger partial charge in [0.15, 0.2) is 17.5 Å². The highest BCUT2D eigenvalue weighted by Gasteiger charge is 2.20. The summed E-state index contributed by atoms with van der Waals surface area (Å²) in [6.07, 6.45) is 0. The largest absolute Gasteiger partial charge is 0.455 e. The Bertz CT molecular complexity index is 3950. The minimum absolute atomic E-state index is 0.605. The maximum atomic E-state index is 6.78. The van der Waals surface area contributed by atoms with Crippen LogP contribution in [0.1, 0.15) is 0 Å². The van der Waals surface area contributed by atoms with Gasteiger partial charge in [-0.15, -0.1) is 0 Å². The van der Waals surface area contributed by atoms with Gasteiger partial charge in [-0.3, -0.25) is 0 Å². The summed E-state index contributed by atoms with van der Waals surface area (Å²) < 4.78 is 9.10. The van der Waals surface area contributed by atoms with Gasteiger partial charge in [-0.25, -0.2) is 19.9 Å². The number of fused-ring (bicyclic) bond motifs is 10. The molecule has 0 aliphatic heterocycles. The van der Waals surface area contributed by atoms with Crippen molar-refractivity contribution in [1.82, 2.24) is 24.5 Å². The number of rotatable bonds is 6. The fourth-order valence-electron chi connectivity index (χ4n) is 9.42. The van der Waals surface area contributed by atoms with Gasteiger partial charge in [0, 0.05) is 65.6 Å². The average Bonchev–Trinajstić information content (AvgIpc) is 3.92. The van der Waals surface area contributed by atoms with Crippen LogP contribution < -0.4 is 0 Å². The molecular formula is C58H35N5O. The van der Waals surface area contributed by atoms with Crippen LogP contribution in [0.5, 0.6) is 0 Å². The highest BCUT2D eigenvalue weighted by molar-refractivity contribution is 6.25. The minimum Gasteiger partial charge on any atom is -0.455 e. The van der Waals surface area contributed by atoms with Crippen molar-refractivity contribution < 1.29 is 4.42 Å². The lowest BCUT2D eigenvalue weighted by atomic mass is 9.97. The molecule has 13 rings (SSSR count). The van der Waals surface area contributed by atoms with Crippen LogP contribution in [0.3, 0.4) is 0 Å². The number of hydrogen-bond acceptors (Lipinski definition) is 5. The van der Waals surface area contributed by atoms with Crippen molar-refractivity contribution in [2.75, 3.05) is 0 Å². The Morgan fingerprint density at radius 2 is 0.891 bits per heavy atom. The van der Waals surface area contributed by atoms with E-state index in [-0.39, 0.29) is 0 Å². The monoisotopic (exact) mass is 817 g/mol. The average molecular weight is 818 g/mol. The van der Waals surface area contributed by atoms with E-state index < -0.39 is 0 Å². The quantitative estimate of drug-likeness (QED) is 0.156. The van der Waals surface area contributed by atoms with E-state index in [2.05, 4.69) is 174 Å². The zero-order valence-electron chi connectivity index (χ0n) is 34.4. The summed E-state index contributed by atoms with van der Waals surface area (Å²) in [5, 5.41) is 7.64. The second-order valence-electron chi connectivity index (χ2n) is 16.2. The topological polar surface area (TPSA) is 69.6 Å². The summed E-state index contributed by atoms with van der Waals surface area (Å²) in [7, 11) is 0. The number of benzene rings is 9. The molecule has 0 bridgehead atoms. The van der Waals surface area contributed by atoms with Gasteiger partial charge in [-0.1, -0.05) is 146 Å². The van der Waals surface area contributed by atoms with Gasteiger partial charge in [0.25, 0.3) is 0 Å². The van der Waals surface area contributed by atoms with Gasteiger partial charge in [0.05, 0.1) is 22.2 Å². The number of hydrogen-bond donors (Lipinski definition) is 0. The molecule has 0 unspecified atom stereocenters. The summed E-state index contributed by atoms with van der Waals surface area (Å²) in [6, 6.07) is 73.8. The van der Waals surface area contributed by atoms with Crippen molar-refractivity contribution in [3.8, 4) is 62.2 Å². The van der Waals surface area contributed by atoms with Gasteiger partial charge in [0.2, 0.25) is 0 Å². The Labute approximate surface area is 367 Å². The highest BCUT2D eigenvalue weighted by Crippen LogP contribution is 2.42. The molecule has 6 heteroatoms. The zero-order valence-corrected chi connectivity index (χ0v) is 34.4. The normalized spacial score (nSPS) is 11.8. The first-order valence-electron chi connectivity index (χ1n) is 21.5. The van der Waals surface area contributed by atoms with Crippen LogP contribution in [-0.4, -0.2) is 24.5 Å². The third-order valence-corrected chi connectivity index (χ3v) is 12.4. The van der Waals surface area contributed by atoms with E-state index in [1.54, 1.807) is 0 Å². The van der Waals surface area contributed by atoms with Crippen molar-refractivity contribution in [2.45, 2.75) is 0 Å². The van der Waals surface area contributed by atoms with E-state index in [1.807, 2.05) is 42.5 Å². The van der Waals surface area contributed by atoms with Crippen LogP contribution in [0.15, 0.2) is 217 Å². The predicted molar refractivity (Wildman–Crippen MR) is 261 cm³/mol. The summed E-state index contributed by atoms with van der Waals surface area (Å²) in [6.45, 7) is 0. The SMILES string of the molecule is c1ccc(-c2nc(-c3cccc(-c4ccc5oc6c(ccc7c(-c8ccccc8)nc8ccccc8c76)c5c4)c3)nc(-c3ccc4c(c3)c3ccccc3n4-c3ccccc3)n2)cc1. The molecule has 9 aromatic carbocycles. The second-order valence-corrected chi connectivity index (χ2v) is 16.2. The molecule has 0 saturated carbocycles. The lowest BCUT2D eigenvalue weighted by Gasteiger charge is -2.11. The highest BCUT2D eigenvalue weighted by atomic mass is 16.3. The molecule has 0 aliphatic rings. The zero-order chi connectivity index (χ0) is 42.1. The van der Waals surface area contributed by atoms with E-state index >= 15 is 0 Å². The molecule has 4 aromatic heterocycles. The first-order valence-corrected chi connectivity index (χ1v) is 21.5. The molecule has 6 nitrogen and oxygen atoms in total. The van der Waals surface area contributed by atoms with Gasteiger partial charge >= 0.3 is 0 Å². The Morgan fingerprint density at radius 3 is 1.69 bits per heavy atom. The third kappa shape index (κ3) is 5.81. The van der Waals surface area contributed by atoms with Crippen LogP contribution in [0, 0.1) is 0 Å². The predicted octanol–water partition coefficient (Wildman–Crippen LogP) is 14.9. The van der Waals surface area contributed by atoms with E-state index in [1.165, 1.54) is 5.39 Å². The van der Waals surface area contributed by atoms with Crippen LogP contribution in [0.4, 0.5) is 0 Å². The van der Waals surface area contributed by atoms with Crippen LogP contribution in [0.25, 0.3) is 128 Å². The number of nitrogens with zero attached hydrogens (tertiary/aromatic N) is 5. The Morgan fingerprint density at radius 1 is 0.328 bits per heavy atom. The Balaban J connectivity index is 0.944. The fourth-order valence-corrected chi connectivity index (χ4v) is 9.42. The van der Waals surface area contributed by atoms with Crippen LogP contribution in [0.2, 0.25) is 0 Å². The van der Waals surface area contributed by atoms with Crippen LogP contribution in [-0.2, 0) is 0 Å². The van der Waals surface area contributed by atoms with E-state index in [9.17, 15) is 0 Å². The van der Waals surface area contributed by atoms with Crippen molar-refractivity contribution in [3.05, 3.63) is 212 Å². The smallest absolute Gasteiger partial charge is 0.164 e. The van der Waals surface area contributed by atoms with Crippen molar-refractivity contribution in [3.63, 3.8) is 0 Å². The summed E-state index contributed by atoms with van der Waals surface area (Å²) in [4.78, 5) is 20.6. The Hall–Kier alpha value is -8.74. The summed E-state index contributed by atoms with van der Waals surface area (Å²) in [5.74, 6) is 1.84. The molecule has 0 radical (unpaired) electrons. The molecule has 0 N–H and O–H groups in total. The van der Waals surface area contributed by atoms with E-state index in [0.717, 1.165) is 105 Å². The van der Waals surface area contributed by atoms with E-state index in [4.69, 9.17) is 24.4 Å². The molecule has 4 heterocycles. The summed E-state index contributed by atoms with van der Waals surface area (Å²) >= 11 is 0. The molecule has 0 aliphatic carbocycles. The third-order valence-electron chi connectivity index (χ3n) is 12.4. The standard InChI is InChI=1S/C58H35N5O/c1-4-15-36(16-5-1)54-46-30-29-44-48-34-39(28-32-52(48)64-55(44)53(46)45-24-10-12-25-49(45)59-54)38-19-14-20-40(33-38)57-60-56(37-17-6-2-7-18-37)61-58(62-57)41-27-31-51-47(35-41)43-23-11-13-26-50(43)63(51)42-21-8-3-9-22-42/h1-35H. The van der Waals surface area contributed by atoms with Crippen molar-refractivity contribution >= 4 is 65.4 Å². The minimum atomic E-state index is 0.605. The molecule has 298 valence electrons. The first kappa shape index (κ1) is 36.0. The molecule has 0 atom stereocenters. The maximum Gasteiger partial charge on any atom is 0.164 e. The van der Waals surface area contributed by atoms with Crippen molar-refractivity contribution in [2.24, 2.45) is 0 Å². The van der Waals surface area contributed by atoms with Crippen LogP contribution >= 0.6 is 0 Å². The molecule has 0 saturated heterocycles. The van der Waals surface area contributed by atoms with Gasteiger partial charge < -0.3 is 8.98 Å². The van der Waals surface area contributed by atoms with Gasteiger partial charge in [-0.05, 0) is 77.9 Å². The number of furan rings is 1. The lowest BCUT2D eigenvalue weighted by molar-refractivity contribution is 0.673. The molecule has 0 spiro atoms. The Kier molecular flexibility index (Phi) is 8.11. The number of aromatic nitrogens is 5.